The van der Waals surface area contributed by atoms with Crippen LogP contribution in [0.15, 0.2) is 41.6 Å². The number of esters is 1. The number of halogens is 2. The van der Waals surface area contributed by atoms with Gasteiger partial charge in [-0.05, 0) is 36.1 Å². The molecule has 5 nitrogen and oxygen atoms in total. The average Bonchev–Trinajstić information content (AvgIpc) is 2.67. The van der Waals surface area contributed by atoms with Crippen LogP contribution in [0.2, 0.25) is 0 Å². The number of carbonyl (C=O) groups excluding carboxylic acids is 2. The fourth-order valence-electron chi connectivity index (χ4n) is 2.25. The number of hydrogen-bond acceptors (Lipinski definition) is 5. The molecule has 0 saturated carbocycles. The van der Waals surface area contributed by atoms with E-state index in [0.29, 0.717) is 11.1 Å². The van der Waals surface area contributed by atoms with Crippen LogP contribution in [0, 0.1) is 11.6 Å². The summed E-state index contributed by atoms with van der Waals surface area (Å²) in [5, 5.41) is 0.767. The SMILES string of the molecule is COC(=O)CCN(Cc1ccc(F)c(F)c1)C(=O)c1ccc(SC)nc1. The minimum atomic E-state index is -0.992. The molecule has 0 saturated heterocycles. The number of rotatable bonds is 7. The molecule has 0 radical (unpaired) electrons. The van der Waals surface area contributed by atoms with Gasteiger partial charge in [0.05, 0.1) is 24.1 Å². The maximum absolute atomic E-state index is 13.4. The first kappa shape index (κ1) is 19.8. The van der Waals surface area contributed by atoms with E-state index in [4.69, 9.17) is 0 Å². The molecule has 0 fully saturated rings. The van der Waals surface area contributed by atoms with Crippen molar-refractivity contribution in [3.8, 4) is 0 Å². The average molecular weight is 380 g/mol. The van der Waals surface area contributed by atoms with Crippen LogP contribution in [-0.2, 0) is 16.1 Å². The summed E-state index contributed by atoms with van der Waals surface area (Å²) in [6, 6.07) is 6.78. The van der Waals surface area contributed by atoms with Crippen LogP contribution < -0.4 is 0 Å². The van der Waals surface area contributed by atoms with Gasteiger partial charge in [0.2, 0.25) is 0 Å². The zero-order valence-electron chi connectivity index (χ0n) is 14.4. The Kier molecular flexibility index (Phi) is 7.08. The summed E-state index contributed by atoms with van der Waals surface area (Å²) in [6.07, 6.45) is 3.31. The Morgan fingerprint density at radius 1 is 1.19 bits per heavy atom. The van der Waals surface area contributed by atoms with E-state index in [-0.39, 0.29) is 25.4 Å². The standard InChI is InChI=1S/C18H18F2N2O3S/c1-25-17(23)7-8-22(11-12-3-5-14(19)15(20)9-12)18(24)13-4-6-16(26-2)21-10-13/h3-6,9-10H,7-8,11H2,1-2H3. The second kappa shape index (κ2) is 9.28. The lowest BCUT2D eigenvalue weighted by molar-refractivity contribution is -0.140. The fourth-order valence-corrected chi connectivity index (χ4v) is 2.61. The summed E-state index contributed by atoms with van der Waals surface area (Å²) in [7, 11) is 1.26. The normalized spacial score (nSPS) is 10.5. The van der Waals surface area contributed by atoms with Gasteiger partial charge in [-0.2, -0.15) is 0 Å². The Bertz CT molecular complexity index is 785. The predicted molar refractivity (Wildman–Crippen MR) is 93.7 cm³/mol. The summed E-state index contributed by atoms with van der Waals surface area (Å²) >= 11 is 1.45. The van der Waals surface area contributed by atoms with Crippen molar-refractivity contribution in [2.24, 2.45) is 0 Å². The fraction of sp³-hybridized carbons (Fsp3) is 0.278. The van der Waals surface area contributed by atoms with Crippen molar-refractivity contribution in [3.63, 3.8) is 0 Å². The van der Waals surface area contributed by atoms with E-state index in [1.807, 2.05) is 6.26 Å². The van der Waals surface area contributed by atoms with Crippen molar-refractivity contribution < 1.29 is 23.1 Å². The van der Waals surface area contributed by atoms with E-state index in [9.17, 15) is 18.4 Å². The number of aromatic nitrogens is 1. The van der Waals surface area contributed by atoms with Crippen molar-refractivity contribution in [2.45, 2.75) is 18.0 Å². The molecule has 2 aromatic rings. The Labute approximate surface area is 154 Å². The molecule has 26 heavy (non-hydrogen) atoms. The van der Waals surface area contributed by atoms with Gasteiger partial charge in [0.1, 0.15) is 0 Å². The minimum absolute atomic E-state index is 0.0117. The molecule has 1 amide bonds. The topological polar surface area (TPSA) is 59.5 Å². The molecule has 0 aliphatic carbocycles. The van der Waals surface area contributed by atoms with E-state index < -0.39 is 17.6 Å². The molecule has 0 spiro atoms. The highest BCUT2D eigenvalue weighted by molar-refractivity contribution is 7.98. The Balaban J connectivity index is 2.21. The van der Waals surface area contributed by atoms with E-state index in [1.165, 1.54) is 36.0 Å². The summed E-state index contributed by atoms with van der Waals surface area (Å²) in [4.78, 5) is 29.7. The molecular formula is C18H18F2N2O3S. The number of methoxy groups -OCH3 is 1. The molecular weight excluding hydrogens is 362 g/mol. The van der Waals surface area contributed by atoms with Crippen LogP contribution in [0.4, 0.5) is 8.78 Å². The van der Waals surface area contributed by atoms with Crippen molar-refractivity contribution in [1.82, 2.24) is 9.88 Å². The highest BCUT2D eigenvalue weighted by Crippen LogP contribution is 2.16. The number of ether oxygens (including phenoxy) is 1. The molecule has 0 bridgehead atoms. The lowest BCUT2D eigenvalue weighted by Gasteiger charge is -2.22. The zero-order chi connectivity index (χ0) is 19.1. The molecule has 1 heterocycles. The third-order valence-electron chi connectivity index (χ3n) is 3.65. The van der Waals surface area contributed by atoms with Crippen LogP contribution in [-0.4, -0.2) is 41.7 Å². The highest BCUT2D eigenvalue weighted by Gasteiger charge is 2.19. The van der Waals surface area contributed by atoms with Gasteiger partial charge >= 0.3 is 5.97 Å². The van der Waals surface area contributed by atoms with Crippen molar-refractivity contribution in [1.29, 1.82) is 0 Å². The summed E-state index contributed by atoms with van der Waals surface area (Å²) in [6.45, 7) is 0.103. The van der Waals surface area contributed by atoms with Gasteiger partial charge in [0, 0.05) is 19.3 Å². The number of benzene rings is 1. The van der Waals surface area contributed by atoms with Gasteiger partial charge in [0.25, 0.3) is 5.91 Å². The van der Waals surface area contributed by atoms with Gasteiger partial charge in [-0.25, -0.2) is 13.8 Å². The van der Waals surface area contributed by atoms with Gasteiger partial charge in [0.15, 0.2) is 11.6 Å². The third kappa shape index (κ3) is 5.26. The molecule has 1 aromatic heterocycles. The second-order valence-electron chi connectivity index (χ2n) is 5.39. The number of amides is 1. The van der Waals surface area contributed by atoms with Crippen LogP contribution in [0.3, 0.4) is 0 Å². The van der Waals surface area contributed by atoms with Gasteiger partial charge in [-0.1, -0.05) is 6.07 Å². The van der Waals surface area contributed by atoms with Crippen LogP contribution in [0.1, 0.15) is 22.3 Å². The highest BCUT2D eigenvalue weighted by atomic mass is 32.2. The van der Waals surface area contributed by atoms with Crippen LogP contribution >= 0.6 is 11.8 Å². The number of pyridine rings is 1. The first-order valence-corrected chi connectivity index (χ1v) is 8.97. The third-order valence-corrected chi connectivity index (χ3v) is 4.31. The molecule has 138 valence electrons. The largest absolute Gasteiger partial charge is 0.469 e. The minimum Gasteiger partial charge on any atom is -0.469 e. The molecule has 2 rings (SSSR count). The van der Waals surface area contributed by atoms with Crippen molar-refractivity contribution in [2.75, 3.05) is 19.9 Å². The Morgan fingerprint density at radius 2 is 1.96 bits per heavy atom. The number of hydrogen-bond donors (Lipinski definition) is 0. The van der Waals surface area contributed by atoms with Crippen LogP contribution in [0.25, 0.3) is 0 Å². The smallest absolute Gasteiger partial charge is 0.307 e. The number of nitrogens with zero attached hydrogens (tertiary/aromatic N) is 2. The summed E-state index contributed by atoms with van der Waals surface area (Å²) in [5.74, 6) is -2.78. The number of thioether (sulfide) groups is 1. The molecule has 0 aliphatic heterocycles. The Hall–Kier alpha value is -2.48. The summed E-state index contributed by atoms with van der Waals surface area (Å²) < 4.78 is 31.1. The van der Waals surface area contributed by atoms with E-state index in [0.717, 1.165) is 17.2 Å². The number of carbonyl (C=O) groups is 2. The lowest BCUT2D eigenvalue weighted by Crippen LogP contribution is -2.33. The van der Waals surface area contributed by atoms with E-state index in [1.54, 1.807) is 12.1 Å². The Morgan fingerprint density at radius 3 is 2.54 bits per heavy atom. The van der Waals surface area contributed by atoms with Gasteiger partial charge < -0.3 is 9.64 Å². The first-order chi connectivity index (χ1) is 12.4. The molecule has 0 N–H and O–H groups in total. The lowest BCUT2D eigenvalue weighted by atomic mass is 10.1. The van der Waals surface area contributed by atoms with E-state index in [2.05, 4.69) is 9.72 Å². The zero-order valence-corrected chi connectivity index (χ0v) is 15.2. The molecule has 1 aromatic carbocycles. The van der Waals surface area contributed by atoms with Gasteiger partial charge in [-0.3, -0.25) is 9.59 Å². The maximum atomic E-state index is 13.4. The van der Waals surface area contributed by atoms with Crippen molar-refractivity contribution in [3.05, 3.63) is 59.3 Å². The second-order valence-corrected chi connectivity index (χ2v) is 6.22. The molecule has 8 heteroatoms. The van der Waals surface area contributed by atoms with Crippen LogP contribution in [0.5, 0.6) is 0 Å². The molecule has 0 aliphatic rings. The van der Waals surface area contributed by atoms with Crippen molar-refractivity contribution >= 4 is 23.6 Å². The molecule has 0 unspecified atom stereocenters. The molecule has 0 atom stereocenters. The van der Waals surface area contributed by atoms with E-state index >= 15 is 0 Å². The quantitative estimate of drug-likeness (QED) is 0.545. The predicted octanol–water partition coefficient (Wildman–Crippen LogP) is 3.29. The summed E-state index contributed by atoms with van der Waals surface area (Å²) in [5.41, 5.74) is 0.756. The van der Waals surface area contributed by atoms with Gasteiger partial charge in [-0.15, -0.1) is 11.8 Å². The first-order valence-electron chi connectivity index (χ1n) is 7.74. The maximum Gasteiger partial charge on any atom is 0.307 e. The monoisotopic (exact) mass is 380 g/mol.